The van der Waals surface area contributed by atoms with Crippen LogP contribution in [0.25, 0.3) is 22.8 Å². The summed E-state index contributed by atoms with van der Waals surface area (Å²) >= 11 is 9.02. The molecule has 280 valence electrons. The minimum atomic E-state index is 0.659. The predicted molar refractivity (Wildman–Crippen MR) is 220 cm³/mol. The van der Waals surface area contributed by atoms with Crippen molar-refractivity contribution in [3.8, 4) is 28.7 Å². The Bertz CT molecular complexity index is 2030. The number of aromatic nitrogens is 6. The molecule has 14 heteroatoms. The van der Waals surface area contributed by atoms with E-state index in [0.717, 1.165) is 117 Å². The van der Waals surface area contributed by atoms with E-state index in [1.165, 1.54) is 34.2 Å². The van der Waals surface area contributed by atoms with E-state index in [9.17, 15) is 0 Å². The molecule has 2 fully saturated rings. The van der Waals surface area contributed by atoms with Crippen LogP contribution < -0.4 is 14.5 Å². The molecule has 54 heavy (non-hydrogen) atoms. The van der Waals surface area contributed by atoms with Crippen molar-refractivity contribution in [2.45, 2.75) is 19.8 Å². The van der Waals surface area contributed by atoms with E-state index in [-0.39, 0.29) is 0 Å². The van der Waals surface area contributed by atoms with Crippen LogP contribution in [0.3, 0.4) is 0 Å². The zero-order chi connectivity index (χ0) is 37.1. The van der Waals surface area contributed by atoms with Gasteiger partial charge in [0.15, 0.2) is 11.6 Å². The Kier molecular flexibility index (Phi) is 13.1. The van der Waals surface area contributed by atoms with E-state index in [0.29, 0.717) is 10.9 Å². The van der Waals surface area contributed by atoms with E-state index in [2.05, 4.69) is 74.7 Å². The topological polar surface area (TPSA) is 99.5 Å². The number of rotatable bonds is 11. The van der Waals surface area contributed by atoms with Gasteiger partial charge >= 0.3 is 0 Å². The molecule has 6 heterocycles. The number of anilines is 2. The monoisotopic (exact) mass is 780 g/mol. The first-order chi connectivity index (χ1) is 26.5. The Balaban J connectivity index is 0.000000167. The van der Waals surface area contributed by atoms with Crippen molar-refractivity contribution in [2.24, 2.45) is 0 Å². The highest BCUT2D eigenvalue weighted by molar-refractivity contribution is 7.10. The summed E-state index contributed by atoms with van der Waals surface area (Å²) in [4.78, 5) is 27.7. The number of hydrogen-bond donors (Lipinski definition) is 0. The number of pyridine rings is 2. The van der Waals surface area contributed by atoms with Crippen LogP contribution in [0.4, 0.5) is 10.3 Å². The van der Waals surface area contributed by atoms with Crippen LogP contribution in [0.15, 0.2) is 91.3 Å². The lowest BCUT2D eigenvalue weighted by molar-refractivity contribution is 0.261. The second-order valence-corrected chi connectivity index (χ2v) is 15.2. The summed E-state index contributed by atoms with van der Waals surface area (Å²) in [6, 6.07) is 26.4. The van der Waals surface area contributed by atoms with Crippen molar-refractivity contribution in [2.75, 3.05) is 82.4 Å². The lowest BCUT2D eigenvalue weighted by atomic mass is 10.1. The summed E-state index contributed by atoms with van der Waals surface area (Å²) in [6.45, 7) is 12.3. The minimum Gasteiger partial charge on any atom is -0.481 e. The molecule has 0 saturated carbocycles. The molecule has 0 atom stereocenters. The number of aryl methyl sites for hydroxylation is 1. The second-order valence-electron chi connectivity index (χ2n) is 13.4. The summed E-state index contributed by atoms with van der Waals surface area (Å²) in [6.07, 6.45) is 5.86. The Hall–Kier alpha value is -4.53. The Morgan fingerprint density at radius 3 is 1.81 bits per heavy atom. The number of benzene rings is 2. The first-order valence-corrected chi connectivity index (χ1v) is 20.3. The molecule has 11 nitrogen and oxygen atoms in total. The predicted octanol–water partition coefficient (Wildman–Crippen LogP) is 6.90. The van der Waals surface area contributed by atoms with E-state index in [1.807, 2.05) is 61.8 Å². The Labute approximate surface area is 330 Å². The zero-order valence-corrected chi connectivity index (χ0v) is 33.1. The smallest absolute Gasteiger partial charge is 0.212 e. The normalized spacial score (nSPS) is 15.2. The molecule has 2 aromatic carbocycles. The van der Waals surface area contributed by atoms with Gasteiger partial charge in [-0.3, -0.25) is 14.8 Å². The van der Waals surface area contributed by atoms with Crippen molar-refractivity contribution in [3.05, 3.63) is 113 Å². The third-order valence-corrected chi connectivity index (χ3v) is 11.4. The first kappa shape index (κ1) is 37.8. The molecular formula is C40H45ClN10OS2. The van der Waals surface area contributed by atoms with E-state index >= 15 is 0 Å². The second kappa shape index (κ2) is 18.7. The van der Waals surface area contributed by atoms with Crippen LogP contribution >= 0.6 is 34.7 Å². The summed E-state index contributed by atoms with van der Waals surface area (Å²) in [5.41, 5.74) is 5.60. The first-order valence-electron chi connectivity index (χ1n) is 18.3. The van der Waals surface area contributed by atoms with Gasteiger partial charge < -0.3 is 14.5 Å². The standard InChI is InChI=1S/C20H22ClN5OS.C20H23N5S/c1-27-18-6-5-15(14-22-18)7-8-25-9-11-26(12-10-25)20-23-19(24-28-20)16-3-2-4-17(21)13-16;1-16-7-8-18(15-21-16)19-22-20(26-23-19)25-13-11-24(12-14-25)10-9-17-5-3-2-4-6-17/h2-6,13-14H,7-12H2,1H3;2-8,15H,9-14H2,1H3. The van der Waals surface area contributed by atoms with Gasteiger partial charge in [0, 0.05) is 129 Å². The number of hydrogen-bond acceptors (Lipinski definition) is 13. The van der Waals surface area contributed by atoms with Gasteiger partial charge in [0.05, 0.1) is 7.11 Å². The highest BCUT2D eigenvalue weighted by atomic mass is 35.5. The molecule has 2 aliphatic rings. The third kappa shape index (κ3) is 10.4. The maximum Gasteiger partial charge on any atom is 0.212 e. The van der Waals surface area contributed by atoms with Gasteiger partial charge in [0.25, 0.3) is 0 Å². The number of nitrogens with zero attached hydrogens (tertiary/aromatic N) is 10. The number of piperazine rings is 2. The van der Waals surface area contributed by atoms with Gasteiger partial charge in [0.1, 0.15) is 0 Å². The van der Waals surface area contributed by atoms with Gasteiger partial charge in [-0.15, -0.1) is 0 Å². The molecule has 0 N–H and O–H groups in total. The van der Waals surface area contributed by atoms with Gasteiger partial charge in [-0.25, -0.2) is 4.98 Å². The van der Waals surface area contributed by atoms with Gasteiger partial charge in [-0.05, 0) is 55.2 Å². The quantitative estimate of drug-likeness (QED) is 0.137. The fourth-order valence-electron chi connectivity index (χ4n) is 6.37. The average Bonchev–Trinajstić information content (AvgIpc) is 3.93. The largest absolute Gasteiger partial charge is 0.481 e. The fraction of sp³-hybridized carbons (Fsp3) is 0.350. The van der Waals surface area contributed by atoms with Gasteiger partial charge in [-0.2, -0.15) is 18.7 Å². The molecule has 0 aliphatic carbocycles. The van der Waals surface area contributed by atoms with Gasteiger partial charge in [-0.1, -0.05) is 60.1 Å². The highest BCUT2D eigenvalue weighted by Gasteiger charge is 2.22. The van der Waals surface area contributed by atoms with Crippen molar-refractivity contribution in [1.29, 1.82) is 0 Å². The molecule has 2 saturated heterocycles. The van der Waals surface area contributed by atoms with Crippen LogP contribution in [0, 0.1) is 6.92 Å². The van der Waals surface area contributed by atoms with Crippen LogP contribution in [0.5, 0.6) is 5.88 Å². The lowest BCUT2D eigenvalue weighted by Crippen LogP contribution is -2.47. The number of methoxy groups -OCH3 is 1. The van der Waals surface area contributed by atoms with E-state index in [1.54, 1.807) is 7.11 Å². The lowest BCUT2D eigenvalue weighted by Gasteiger charge is -2.34. The number of ether oxygens (including phenoxy) is 1. The summed E-state index contributed by atoms with van der Waals surface area (Å²) in [7, 11) is 1.64. The Morgan fingerprint density at radius 1 is 0.630 bits per heavy atom. The molecule has 6 aromatic rings. The number of halogens is 1. The summed E-state index contributed by atoms with van der Waals surface area (Å²) in [5, 5.41) is 2.70. The summed E-state index contributed by atoms with van der Waals surface area (Å²) < 4.78 is 14.1. The maximum atomic E-state index is 6.08. The summed E-state index contributed by atoms with van der Waals surface area (Å²) in [5.74, 6) is 2.19. The minimum absolute atomic E-state index is 0.659. The molecule has 0 spiro atoms. The molecule has 0 unspecified atom stereocenters. The molecule has 8 rings (SSSR count). The van der Waals surface area contributed by atoms with Gasteiger partial charge in [0.2, 0.25) is 16.1 Å². The van der Waals surface area contributed by atoms with E-state index in [4.69, 9.17) is 26.3 Å². The van der Waals surface area contributed by atoms with E-state index < -0.39 is 0 Å². The van der Waals surface area contributed by atoms with Crippen LogP contribution in [0.2, 0.25) is 5.02 Å². The highest BCUT2D eigenvalue weighted by Crippen LogP contribution is 2.27. The molecule has 0 bridgehead atoms. The van der Waals surface area contributed by atoms with Crippen LogP contribution in [-0.4, -0.2) is 111 Å². The van der Waals surface area contributed by atoms with Crippen molar-refractivity contribution in [3.63, 3.8) is 0 Å². The zero-order valence-electron chi connectivity index (χ0n) is 30.7. The molecule has 0 radical (unpaired) electrons. The van der Waals surface area contributed by atoms with Crippen LogP contribution in [0.1, 0.15) is 16.8 Å². The van der Waals surface area contributed by atoms with Crippen molar-refractivity contribution in [1.82, 2.24) is 38.5 Å². The van der Waals surface area contributed by atoms with Crippen LogP contribution in [-0.2, 0) is 12.8 Å². The molecule has 0 amide bonds. The molecular weight excluding hydrogens is 736 g/mol. The SMILES string of the molecule is COc1ccc(CCN2CCN(c3nc(-c4cccc(Cl)c4)ns3)CC2)cn1.Cc1ccc(-c2nsc(N3CCN(CCc4ccccc4)CC3)n2)cn1. The fourth-order valence-corrected chi connectivity index (χ4v) is 8.04. The maximum absolute atomic E-state index is 6.08. The van der Waals surface area contributed by atoms with Crippen molar-refractivity contribution < 1.29 is 4.74 Å². The average molecular weight is 781 g/mol. The van der Waals surface area contributed by atoms with Crippen molar-refractivity contribution >= 4 is 44.9 Å². The Morgan fingerprint density at radius 2 is 1.26 bits per heavy atom. The third-order valence-electron chi connectivity index (χ3n) is 9.65. The molecule has 4 aromatic heterocycles. The molecule has 2 aliphatic heterocycles.